The van der Waals surface area contributed by atoms with Crippen LogP contribution >= 0.6 is 0 Å². The van der Waals surface area contributed by atoms with Crippen LogP contribution in [0.1, 0.15) is 81.6 Å². The lowest BCUT2D eigenvalue weighted by Crippen LogP contribution is -2.32. The highest BCUT2D eigenvalue weighted by molar-refractivity contribution is 4.97. The van der Waals surface area contributed by atoms with Gasteiger partial charge < -0.3 is 0 Å². The Morgan fingerprint density at radius 2 is 1.40 bits per heavy atom. The maximum atomic E-state index is 2.45. The minimum atomic E-state index is 0.557. The topological polar surface area (TPSA) is 0 Å². The third-order valence-electron chi connectivity index (χ3n) is 4.70. The van der Waals surface area contributed by atoms with Crippen LogP contribution in [0.3, 0.4) is 0 Å². The second kappa shape index (κ2) is 7.30. The zero-order valence-corrected chi connectivity index (χ0v) is 12.7. The van der Waals surface area contributed by atoms with Gasteiger partial charge in [-0.1, -0.05) is 68.7 Å². The summed E-state index contributed by atoms with van der Waals surface area (Å²) < 4.78 is 0. The van der Waals surface area contributed by atoms with E-state index in [0.717, 1.165) is 5.92 Å². The summed E-state index contributed by atoms with van der Waals surface area (Å²) in [6, 6.07) is 0. The molecule has 2 atom stereocenters. The summed E-state index contributed by atoms with van der Waals surface area (Å²) in [5.74, 6) is 0.910. The molecule has 0 heterocycles. The molecule has 1 unspecified atom stereocenters. The summed E-state index contributed by atoms with van der Waals surface area (Å²) >= 11 is 0. The SMILES string of the molecule is CC.CC.CCC1(C)CC[C@H](C)C1(C)C. The van der Waals surface area contributed by atoms with E-state index in [9.17, 15) is 0 Å². The maximum Gasteiger partial charge on any atom is -0.0275 e. The Hall–Kier alpha value is 0. The molecule has 0 spiro atoms. The minimum Gasteiger partial charge on any atom is -0.0683 e. The van der Waals surface area contributed by atoms with Crippen molar-refractivity contribution < 1.29 is 0 Å². The van der Waals surface area contributed by atoms with Gasteiger partial charge in [0, 0.05) is 0 Å². The first kappa shape index (κ1) is 17.4. The van der Waals surface area contributed by atoms with Crippen LogP contribution in [-0.2, 0) is 0 Å². The van der Waals surface area contributed by atoms with E-state index < -0.39 is 0 Å². The van der Waals surface area contributed by atoms with E-state index in [1.165, 1.54) is 19.3 Å². The number of hydrogen-bond donors (Lipinski definition) is 0. The summed E-state index contributed by atoms with van der Waals surface area (Å²) in [5, 5.41) is 0. The standard InChI is InChI=1S/C11H22.2C2H6/c1-6-11(5)8-7-9(2)10(11,3)4;2*1-2/h9H,6-8H2,1-5H3;2*1-2H3/t9-,11?;;/m0../s1. The molecule has 1 aliphatic carbocycles. The van der Waals surface area contributed by atoms with Crippen LogP contribution < -0.4 is 0 Å². The molecule has 0 saturated heterocycles. The molecule has 0 N–H and O–H groups in total. The number of hydrogen-bond acceptors (Lipinski definition) is 0. The smallest absolute Gasteiger partial charge is 0.0275 e. The van der Waals surface area contributed by atoms with Gasteiger partial charge in [0.25, 0.3) is 0 Å². The van der Waals surface area contributed by atoms with Gasteiger partial charge in [-0.05, 0) is 29.6 Å². The first-order valence-electron chi connectivity index (χ1n) is 6.94. The van der Waals surface area contributed by atoms with Crippen molar-refractivity contribution in [2.45, 2.75) is 81.6 Å². The van der Waals surface area contributed by atoms with Crippen LogP contribution in [0.5, 0.6) is 0 Å². The van der Waals surface area contributed by atoms with E-state index in [-0.39, 0.29) is 0 Å². The van der Waals surface area contributed by atoms with E-state index >= 15 is 0 Å². The number of rotatable bonds is 1. The van der Waals surface area contributed by atoms with Gasteiger partial charge in [0.05, 0.1) is 0 Å². The molecular weight excluding hydrogens is 180 g/mol. The largest absolute Gasteiger partial charge is 0.0683 e. The lowest BCUT2D eigenvalue weighted by atomic mass is 9.65. The molecular formula is C15H34. The van der Waals surface area contributed by atoms with Crippen molar-refractivity contribution in [3.8, 4) is 0 Å². The highest BCUT2D eigenvalue weighted by atomic mass is 14.5. The van der Waals surface area contributed by atoms with Crippen molar-refractivity contribution in [2.75, 3.05) is 0 Å². The van der Waals surface area contributed by atoms with Crippen molar-refractivity contribution in [2.24, 2.45) is 16.7 Å². The molecule has 1 fully saturated rings. The predicted molar refractivity (Wildman–Crippen MR) is 73.3 cm³/mol. The Morgan fingerprint density at radius 3 is 1.53 bits per heavy atom. The second-order valence-corrected chi connectivity index (χ2v) is 5.08. The van der Waals surface area contributed by atoms with Crippen molar-refractivity contribution in [1.82, 2.24) is 0 Å². The first-order valence-corrected chi connectivity index (χ1v) is 6.94. The first-order chi connectivity index (χ1) is 6.94. The van der Waals surface area contributed by atoms with Crippen molar-refractivity contribution >= 4 is 0 Å². The Labute approximate surface area is 98.9 Å². The summed E-state index contributed by atoms with van der Waals surface area (Å²) in [4.78, 5) is 0. The van der Waals surface area contributed by atoms with Crippen LogP contribution in [0.4, 0.5) is 0 Å². The highest BCUT2D eigenvalue weighted by Crippen LogP contribution is 2.57. The van der Waals surface area contributed by atoms with Gasteiger partial charge in [-0.3, -0.25) is 0 Å². The van der Waals surface area contributed by atoms with Gasteiger partial charge in [-0.15, -0.1) is 0 Å². The van der Waals surface area contributed by atoms with Crippen molar-refractivity contribution in [3.05, 3.63) is 0 Å². The molecule has 0 aromatic rings. The van der Waals surface area contributed by atoms with Crippen LogP contribution in [-0.4, -0.2) is 0 Å². The molecule has 0 amide bonds. The van der Waals surface area contributed by atoms with Gasteiger partial charge in [0.1, 0.15) is 0 Å². The molecule has 0 heteroatoms. The average molecular weight is 214 g/mol. The zero-order valence-electron chi connectivity index (χ0n) is 12.7. The third kappa shape index (κ3) is 3.50. The summed E-state index contributed by atoms with van der Waals surface area (Å²) in [7, 11) is 0. The Kier molecular flexibility index (Phi) is 8.47. The maximum absolute atomic E-state index is 2.45. The molecule has 0 aromatic heterocycles. The van der Waals surface area contributed by atoms with E-state index in [1.54, 1.807) is 0 Å². The fourth-order valence-corrected chi connectivity index (χ4v) is 2.45. The van der Waals surface area contributed by atoms with E-state index in [1.807, 2.05) is 27.7 Å². The summed E-state index contributed by atoms with van der Waals surface area (Å²) in [6.45, 7) is 20.1. The Balaban J connectivity index is 0. The molecule has 0 aliphatic heterocycles. The van der Waals surface area contributed by atoms with Gasteiger partial charge in [0.15, 0.2) is 0 Å². The summed E-state index contributed by atoms with van der Waals surface area (Å²) in [5.41, 5.74) is 1.16. The minimum absolute atomic E-state index is 0.557. The van der Waals surface area contributed by atoms with E-state index in [0.29, 0.717) is 10.8 Å². The predicted octanol–water partition coefficient (Wildman–Crippen LogP) is 5.91. The van der Waals surface area contributed by atoms with Crippen LogP contribution in [0.15, 0.2) is 0 Å². The van der Waals surface area contributed by atoms with E-state index in [4.69, 9.17) is 0 Å². The monoisotopic (exact) mass is 214 g/mol. The van der Waals surface area contributed by atoms with Crippen molar-refractivity contribution in [1.29, 1.82) is 0 Å². The molecule has 0 aromatic carbocycles. The molecule has 15 heavy (non-hydrogen) atoms. The third-order valence-corrected chi connectivity index (χ3v) is 4.70. The molecule has 1 rings (SSSR count). The molecule has 0 bridgehead atoms. The van der Waals surface area contributed by atoms with Gasteiger partial charge >= 0.3 is 0 Å². The quantitative estimate of drug-likeness (QED) is 0.509. The lowest BCUT2D eigenvalue weighted by molar-refractivity contribution is 0.0914. The Bertz CT molecular complexity index is 143. The molecule has 94 valence electrons. The fraction of sp³-hybridized carbons (Fsp3) is 1.00. The lowest BCUT2D eigenvalue weighted by Gasteiger charge is -2.40. The van der Waals surface area contributed by atoms with Crippen LogP contribution in [0.2, 0.25) is 0 Å². The van der Waals surface area contributed by atoms with Gasteiger partial charge in [0.2, 0.25) is 0 Å². The van der Waals surface area contributed by atoms with Crippen LogP contribution in [0.25, 0.3) is 0 Å². The molecule has 0 nitrogen and oxygen atoms in total. The van der Waals surface area contributed by atoms with Gasteiger partial charge in [-0.25, -0.2) is 0 Å². The normalized spacial score (nSPS) is 32.2. The average Bonchev–Trinajstić information content (AvgIpc) is 2.49. The molecule has 0 radical (unpaired) electrons. The zero-order chi connectivity index (χ0) is 12.7. The highest BCUT2D eigenvalue weighted by Gasteiger charge is 2.47. The fourth-order valence-electron chi connectivity index (χ4n) is 2.45. The van der Waals surface area contributed by atoms with Crippen molar-refractivity contribution in [3.63, 3.8) is 0 Å². The van der Waals surface area contributed by atoms with E-state index in [2.05, 4.69) is 34.6 Å². The summed E-state index contributed by atoms with van der Waals surface area (Å²) in [6.07, 6.45) is 4.19. The second-order valence-electron chi connectivity index (χ2n) is 5.08. The Morgan fingerprint density at radius 1 is 1.00 bits per heavy atom. The van der Waals surface area contributed by atoms with Crippen LogP contribution in [0, 0.1) is 16.7 Å². The molecule has 1 saturated carbocycles. The molecule has 1 aliphatic rings. The van der Waals surface area contributed by atoms with Gasteiger partial charge in [-0.2, -0.15) is 0 Å².